The van der Waals surface area contributed by atoms with Crippen molar-refractivity contribution in [3.05, 3.63) is 12.2 Å². The Bertz CT molecular complexity index is 431. The van der Waals surface area contributed by atoms with Crippen LogP contribution in [-0.4, -0.2) is 43.0 Å². The van der Waals surface area contributed by atoms with Crippen LogP contribution in [0.5, 0.6) is 0 Å². The highest BCUT2D eigenvalue weighted by Gasteiger charge is 2.51. The van der Waals surface area contributed by atoms with E-state index in [0.29, 0.717) is 6.42 Å². The first-order valence-electron chi connectivity index (χ1n) is 5.99. The van der Waals surface area contributed by atoms with E-state index in [0.717, 1.165) is 0 Å². The second-order valence-corrected chi connectivity index (χ2v) is 5.20. The fourth-order valence-corrected chi connectivity index (χ4v) is 2.89. The number of fused-ring (bicyclic) bond motifs is 2. The Morgan fingerprint density at radius 2 is 1.79 bits per heavy atom. The van der Waals surface area contributed by atoms with Gasteiger partial charge in [-0.1, -0.05) is 12.2 Å². The molecule has 2 bridgehead atoms. The molecule has 1 fully saturated rings. The molecule has 1 saturated carbocycles. The molecular weight excluding hydrogens is 261 g/mol. The Kier molecular flexibility index (Phi) is 3.32. The molecule has 4 nitrogen and oxygen atoms in total. The monoisotopic (exact) mass is 276 g/mol. The molecule has 1 N–H and O–H groups in total. The second-order valence-electron chi connectivity index (χ2n) is 5.20. The number of carbonyl (C=O) groups is 2. The number of hydrogen-bond acceptors (Lipinski definition) is 2. The number of nitrogens with one attached hydrogen (secondary N) is 1. The molecular formula is C12H15F3N2O2. The summed E-state index contributed by atoms with van der Waals surface area (Å²) in [6.45, 7) is 0. The highest BCUT2D eigenvalue weighted by Crippen LogP contribution is 2.44. The molecule has 2 rings (SSSR count). The molecule has 0 aromatic carbocycles. The molecule has 0 spiro atoms. The molecule has 0 heterocycles. The van der Waals surface area contributed by atoms with Gasteiger partial charge in [0.1, 0.15) is 0 Å². The van der Waals surface area contributed by atoms with E-state index < -0.39 is 24.0 Å². The first-order valence-corrected chi connectivity index (χ1v) is 5.99. The van der Waals surface area contributed by atoms with Crippen molar-refractivity contribution in [1.29, 1.82) is 0 Å². The van der Waals surface area contributed by atoms with Crippen LogP contribution in [0.2, 0.25) is 0 Å². The van der Waals surface area contributed by atoms with Gasteiger partial charge in [0.25, 0.3) is 0 Å². The maximum Gasteiger partial charge on any atom is 0.471 e. The summed E-state index contributed by atoms with van der Waals surface area (Å²) in [6.07, 6.45) is -0.664. The summed E-state index contributed by atoms with van der Waals surface area (Å²) in [5, 5.41) is 1.97. The predicted molar refractivity (Wildman–Crippen MR) is 60.9 cm³/mol. The van der Waals surface area contributed by atoms with Crippen molar-refractivity contribution < 1.29 is 22.8 Å². The highest BCUT2D eigenvalue weighted by atomic mass is 19.4. The van der Waals surface area contributed by atoms with Crippen molar-refractivity contribution in [3.8, 4) is 0 Å². The van der Waals surface area contributed by atoms with Gasteiger partial charge in [0.05, 0.1) is 5.92 Å². The molecule has 0 aromatic rings. The lowest BCUT2D eigenvalue weighted by Crippen LogP contribution is -2.51. The molecule has 0 saturated heterocycles. The van der Waals surface area contributed by atoms with Crippen molar-refractivity contribution in [2.24, 2.45) is 17.8 Å². The largest absolute Gasteiger partial charge is 0.471 e. The van der Waals surface area contributed by atoms with Crippen LogP contribution in [0.1, 0.15) is 6.42 Å². The Morgan fingerprint density at radius 1 is 1.21 bits per heavy atom. The average Bonchev–Trinajstić information content (AvgIpc) is 2.87. The minimum atomic E-state index is -4.92. The number of carbonyl (C=O) groups excluding carboxylic acids is 2. The summed E-state index contributed by atoms with van der Waals surface area (Å²) >= 11 is 0. The zero-order chi connectivity index (χ0) is 14.4. The number of hydrogen-bond donors (Lipinski definition) is 1. The van der Waals surface area contributed by atoms with E-state index in [-0.39, 0.29) is 17.7 Å². The van der Waals surface area contributed by atoms with E-state index in [4.69, 9.17) is 0 Å². The fourth-order valence-electron chi connectivity index (χ4n) is 2.89. The van der Waals surface area contributed by atoms with Crippen molar-refractivity contribution >= 4 is 11.8 Å². The van der Waals surface area contributed by atoms with E-state index >= 15 is 0 Å². The molecule has 2 aliphatic rings. The van der Waals surface area contributed by atoms with E-state index in [2.05, 4.69) is 0 Å². The standard InChI is InChI=1S/C12H15F3N2O2/c1-17(2)10(18)8-6-3-4-7(5-6)9(8)16-11(19)12(13,14)15/h3-4,6-9H,5H2,1-2H3,(H,16,19). The summed E-state index contributed by atoms with van der Waals surface area (Å²) in [6, 6.07) is -0.765. The molecule has 4 atom stereocenters. The molecule has 0 aliphatic heterocycles. The number of nitrogens with zero attached hydrogens (tertiary/aromatic N) is 1. The lowest BCUT2D eigenvalue weighted by atomic mass is 9.87. The number of rotatable bonds is 2. The van der Waals surface area contributed by atoms with Crippen LogP contribution in [0, 0.1) is 17.8 Å². The van der Waals surface area contributed by atoms with Gasteiger partial charge < -0.3 is 10.2 Å². The van der Waals surface area contributed by atoms with Gasteiger partial charge in [-0.15, -0.1) is 0 Å². The quantitative estimate of drug-likeness (QED) is 0.763. The van der Waals surface area contributed by atoms with Crippen LogP contribution < -0.4 is 5.32 Å². The smallest absolute Gasteiger partial charge is 0.348 e. The SMILES string of the molecule is CN(C)C(=O)C1C2C=CC(C2)C1NC(=O)C(F)(F)F. The first kappa shape index (κ1) is 13.9. The van der Waals surface area contributed by atoms with E-state index in [9.17, 15) is 22.8 Å². The fraction of sp³-hybridized carbons (Fsp3) is 0.667. The van der Waals surface area contributed by atoms with Gasteiger partial charge in [0, 0.05) is 20.1 Å². The number of halogens is 3. The van der Waals surface area contributed by atoms with Crippen molar-refractivity contribution in [1.82, 2.24) is 10.2 Å². The average molecular weight is 276 g/mol. The maximum absolute atomic E-state index is 12.3. The summed E-state index contributed by atoms with van der Waals surface area (Å²) < 4.78 is 36.9. The lowest BCUT2D eigenvalue weighted by molar-refractivity contribution is -0.175. The second kappa shape index (κ2) is 4.54. The van der Waals surface area contributed by atoms with Gasteiger partial charge in [0.2, 0.25) is 5.91 Å². The summed E-state index contributed by atoms with van der Waals surface area (Å²) in [5.41, 5.74) is 0. The third kappa shape index (κ3) is 2.46. The topological polar surface area (TPSA) is 49.4 Å². The number of amides is 2. The summed E-state index contributed by atoms with van der Waals surface area (Å²) in [4.78, 5) is 24.4. The van der Waals surface area contributed by atoms with Crippen molar-refractivity contribution in [2.75, 3.05) is 14.1 Å². The van der Waals surface area contributed by atoms with Gasteiger partial charge in [0.15, 0.2) is 0 Å². The van der Waals surface area contributed by atoms with Gasteiger partial charge in [-0.05, 0) is 18.3 Å². The molecule has 2 aliphatic carbocycles. The van der Waals surface area contributed by atoms with Gasteiger partial charge >= 0.3 is 12.1 Å². The minimum Gasteiger partial charge on any atom is -0.348 e. The Balaban J connectivity index is 2.16. The third-order valence-electron chi connectivity index (χ3n) is 3.74. The van der Waals surface area contributed by atoms with Crippen molar-refractivity contribution in [3.63, 3.8) is 0 Å². The Hall–Kier alpha value is -1.53. The van der Waals surface area contributed by atoms with Crippen LogP contribution in [0.4, 0.5) is 13.2 Å². The molecule has 19 heavy (non-hydrogen) atoms. The summed E-state index contributed by atoms with van der Waals surface area (Å²) in [7, 11) is 3.11. The molecule has 0 aromatic heterocycles. The molecule has 7 heteroatoms. The number of alkyl halides is 3. The van der Waals surface area contributed by atoms with Crippen LogP contribution in [0.15, 0.2) is 12.2 Å². The Morgan fingerprint density at radius 3 is 2.32 bits per heavy atom. The highest BCUT2D eigenvalue weighted by molar-refractivity contribution is 5.85. The van der Waals surface area contributed by atoms with Gasteiger partial charge in [-0.3, -0.25) is 9.59 Å². The van der Waals surface area contributed by atoms with E-state index in [1.807, 2.05) is 11.4 Å². The van der Waals surface area contributed by atoms with Gasteiger partial charge in [-0.2, -0.15) is 13.2 Å². The minimum absolute atomic E-state index is 0.0848. The Labute approximate surface area is 108 Å². The van der Waals surface area contributed by atoms with Crippen LogP contribution in [0.25, 0.3) is 0 Å². The van der Waals surface area contributed by atoms with Crippen LogP contribution >= 0.6 is 0 Å². The number of allylic oxidation sites excluding steroid dienone is 1. The van der Waals surface area contributed by atoms with Crippen LogP contribution in [0.3, 0.4) is 0 Å². The molecule has 4 unspecified atom stereocenters. The lowest BCUT2D eigenvalue weighted by Gasteiger charge is -2.30. The first-order chi connectivity index (χ1) is 8.71. The maximum atomic E-state index is 12.3. The zero-order valence-electron chi connectivity index (χ0n) is 10.6. The van der Waals surface area contributed by atoms with Crippen molar-refractivity contribution in [2.45, 2.75) is 18.6 Å². The van der Waals surface area contributed by atoms with E-state index in [1.54, 1.807) is 20.2 Å². The molecule has 2 amide bonds. The zero-order valence-corrected chi connectivity index (χ0v) is 10.6. The molecule has 106 valence electrons. The van der Waals surface area contributed by atoms with Gasteiger partial charge in [-0.25, -0.2) is 0 Å². The predicted octanol–water partition coefficient (Wildman–Crippen LogP) is 0.944. The normalized spacial score (nSPS) is 32.5. The molecule has 0 radical (unpaired) electrons. The summed E-state index contributed by atoms with van der Waals surface area (Å²) in [5.74, 6) is -3.10. The van der Waals surface area contributed by atoms with Crippen LogP contribution in [-0.2, 0) is 9.59 Å². The third-order valence-corrected chi connectivity index (χ3v) is 3.74. The van der Waals surface area contributed by atoms with E-state index in [1.165, 1.54) is 4.90 Å².